The van der Waals surface area contributed by atoms with Gasteiger partial charge in [-0.25, -0.2) is 0 Å². The van der Waals surface area contributed by atoms with Gasteiger partial charge in [0.25, 0.3) is 0 Å². The van der Waals surface area contributed by atoms with Crippen LogP contribution in [0.1, 0.15) is 26.2 Å². The minimum atomic E-state index is -0.649. The highest BCUT2D eigenvalue weighted by Crippen LogP contribution is 1.96. The third-order valence-electron chi connectivity index (χ3n) is 1.37. The molecule has 73 valence electrons. The standard InChI is InChI=1S/C9H13O4/c1-3-4-5-8(11)9(12)6-13-7(2)10/h1,3-6H2,2H3. The van der Waals surface area contributed by atoms with E-state index in [4.69, 9.17) is 0 Å². The Labute approximate surface area is 77.3 Å². The fourth-order valence-corrected chi connectivity index (χ4v) is 0.673. The highest BCUT2D eigenvalue weighted by molar-refractivity contribution is 6.37. The van der Waals surface area contributed by atoms with Gasteiger partial charge in [-0.2, -0.15) is 0 Å². The van der Waals surface area contributed by atoms with Gasteiger partial charge in [0.1, 0.15) is 0 Å². The molecule has 4 heteroatoms. The number of carbonyl (C=O) groups excluding carboxylic acids is 3. The predicted molar refractivity (Wildman–Crippen MR) is 45.9 cm³/mol. The van der Waals surface area contributed by atoms with Crippen molar-refractivity contribution in [3.05, 3.63) is 6.92 Å². The molecule has 4 nitrogen and oxygen atoms in total. The Hall–Kier alpha value is -1.19. The van der Waals surface area contributed by atoms with Crippen LogP contribution in [0.5, 0.6) is 0 Å². The maximum atomic E-state index is 10.9. The molecule has 0 aliphatic rings. The lowest BCUT2D eigenvalue weighted by molar-refractivity contribution is -0.148. The summed E-state index contributed by atoms with van der Waals surface area (Å²) in [5.41, 5.74) is 0. The zero-order valence-electron chi connectivity index (χ0n) is 7.67. The normalized spacial score (nSPS) is 9.38. The lowest BCUT2D eigenvalue weighted by Gasteiger charge is -1.99. The summed E-state index contributed by atoms with van der Waals surface area (Å²) in [5, 5.41) is 0. The Balaban J connectivity index is 3.70. The highest BCUT2D eigenvalue weighted by atomic mass is 16.5. The molecule has 0 saturated heterocycles. The first-order valence-corrected chi connectivity index (χ1v) is 4.06. The monoisotopic (exact) mass is 185 g/mol. The number of hydrogen-bond donors (Lipinski definition) is 0. The van der Waals surface area contributed by atoms with Crippen molar-refractivity contribution in [2.45, 2.75) is 26.2 Å². The quantitative estimate of drug-likeness (QED) is 0.451. The van der Waals surface area contributed by atoms with E-state index in [1.165, 1.54) is 6.92 Å². The highest BCUT2D eigenvalue weighted by Gasteiger charge is 2.13. The molecule has 0 aromatic rings. The lowest BCUT2D eigenvalue weighted by atomic mass is 10.1. The number of unbranched alkanes of at least 4 members (excludes halogenated alkanes) is 1. The van der Waals surface area contributed by atoms with Crippen LogP contribution in [0, 0.1) is 6.92 Å². The number of rotatable bonds is 6. The molecule has 0 atom stereocenters. The fourth-order valence-electron chi connectivity index (χ4n) is 0.673. The number of Topliss-reactive ketones (excluding diaryl/α,β-unsaturated/α-hetero) is 2. The van der Waals surface area contributed by atoms with Crippen molar-refractivity contribution in [1.82, 2.24) is 0 Å². The largest absolute Gasteiger partial charge is 0.457 e. The lowest BCUT2D eigenvalue weighted by Crippen LogP contribution is -2.20. The second-order valence-corrected chi connectivity index (χ2v) is 2.58. The van der Waals surface area contributed by atoms with Gasteiger partial charge in [-0.05, 0) is 6.42 Å². The topological polar surface area (TPSA) is 60.4 Å². The number of esters is 1. The smallest absolute Gasteiger partial charge is 0.303 e. The van der Waals surface area contributed by atoms with E-state index < -0.39 is 24.1 Å². The van der Waals surface area contributed by atoms with E-state index in [0.29, 0.717) is 12.8 Å². The van der Waals surface area contributed by atoms with E-state index in [-0.39, 0.29) is 6.42 Å². The van der Waals surface area contributed by atoms with Gasteiger partial charge in [-0.1, -0.05) is 13.3 Å². The van der Waals surface area contributed by atoms with E-state index in [1.807, 2.05) is 0 Å². The van der Waals surface area contributed by atoms with E-state index in [1.54, 1.807) is 0 Å². The summed E-state index contributed by atoms with van der Waals surface area (Å²) in [7, 11) is 0. The number of hydrogen-bond acceptors (Lipinski definition) is 4. The van der Waals surface area contributed by atoms with Crippen LogP contribution in [-0.4, -0.2) is 24.1 Å². The summed E-state index contributed by atoms with van der Waals surface area (Å²) < 4.78 is 4.38. The molecule has 0 bridgehead atoms. The van der Waals surface area contributed by atoms with Crippen molar-refractivity contribution in [3.63, 3.8) is 0 Å². The maximum absolute atomic E-state index is 10.9. The Kier molecular flexibility index (Phi) is 5.76. The molecule has 1 radical (unpaired) electrons. The summed E-state index contributed by atoms with van der Waals surface area (Å²) >= 11 is 0. The van der Waals surface area contributed by atoms with E-state index in [9.17, 15) is 14.4 Å². The van der Waals surface area contributed by atoms with Crippen molar-refractivity contribution in [2.75, 3.05) is 6.61 Å². The van der Waals surface area contributed by atoms with E-state index >= 15 is 0 Å². The van der Waals surface area contributed by atoms with Crippen molar-refractivity contribution < 1.29 is 19.1 Å². The summed E-state index contributed by atoms with van der Waals surface area (Å²) in [6, 6.07) is 0. The molecular weight excluding hydrogens is 172 g/mol. The molecule has 0 saturated carbocycles. The molecule has 0 rings (SSSR count). The fraction of sp³-hybridized carbons (Fsp3) is 0.556. The third-order valence-corrected chi connectivity index (χ3v) is 1.37. The first-order chi connectivity index (χ1) is 6.07. The van der Waals surface area contributed by atoms with Crippen molar-refractivity contribution in [1.29, 1.82) is 0 Å². The summed E-state index contributed by atoms with van der Waals surface area (Å²) in [4.78, 5) is 32.1. The predicted octanol–water partition coefficient (Wildman–Crippen LogP) is 0.692. The van der Waals surface area contributed by atoms with Crippen LogP contribution in [0.25, 0.3) is 0 Å². The van der Waals surface area contributed by atoms with Gasteiger partial charge < -0.3 is 4.74 Å². The molecule has 0 aliphatic carbocycles. The van der Waals surface area contributed by atoms with Crippen LogP contribution >= 0.6 is 0 Å². The second-order valence-electron chi connectivity index (χ2n) is 2.58. The van der Waals surface area contributed by atoms with Gasteiger partial charge >= 0.3 is 5.97 Å². The van der Waals surface area contributed by atoms with Gasteiger partial charge in [0.2, 0.25) is 11.6 Å². The van der Waals surface area contributed by atoms with Crippen molar-refractivity contribution in [3.8, 4) is 0 Å². The van der Waals surface area contributed by atoms with Crippen LogP contribution < -0.4 is 0 Å². The zero-order chi connectivity index (χ0) is 10.3. The Morgan fingerprint density at radius 3 is 2.31 bits per heavy atom. The first-order valence-electron chi connectivity index (χ1n) is 4.06. The molecule has 0 heterocycles. The van der Waals surface area contributed by atoms with Gasteiger partial charge in [0, 0.05) is 13.3 Å². The summed E-state index contributed by atoms with van der Waals surface area (Å²) in [5.74, 6) is -1.70. The SMILES string of the molecule is [CH2]CCCC(=O)C(=O)COC(C)=O. The summed E-state index contributed by atoms with van der Waals surface area (Å²) in [6.45, 7) is 4.29. The molecule has 0 aliphatic heterocycles. The van der Waals surface area contributed by atoms with Crippen LogP contribution in [0.2, 0.25) is 0 Å². The zero-order valence-corrected chi connectivity index (χ0v) is 7.67. The molecule has 0 spiro atoms. The van der Waals surface area contributed by atoms with Gasteiger partial charge in [-0.15, -0.1) is 0 Å². The second kappa shape index (κ2) is 6.34. The Morgan fingerprint density at radius 2 is 1.85 bits per heavy atom. The van der Waals surface area contributed by atoms with Gasteiger partial charge in [-0.3, -0.25) is 14.4 Å². The molecule has 13 heavy (non-hydrogen) atoms. The molecule has 0 aromatic heterocycles. The summed E-state index contributed by atoms with van der Waals surface area (Å²) in [6.07, 6.45) is 1.39. The van der Waals surface area contributed by atoms with E-state index in [0.717, 1.165) is 0 Å². The molecule has 0 aromatic carbocycles. The van der Waals surface area contributed by atoms with Crippen LogP contribution in [0.15, 0.2) is 0 Å². The maximum Gasteiger partial charge on any atom is 0.303 e. The first kappa shape index (κ1) is 11.8. The Bertz CT molecular complexity index is 208. The molecule has 0 fully saturated rings. The number of ether oxygens (including phenoxy) is 1. The van der Waals surface area contributed by atoms with E-state index in [2.05, 4.69) is 11.7 Å². The molecule has 0 amide bonds. The minimum Gasteiger partial charge on any atom is -0.457 e. The molecular formula is C9H13O4. The van der Waals surface area contributed by atoms with Crippen LogP contribution in [0.4, 0.5) is 0 Å². The third kappa shape index (κ3) is 6.02. The number of ketones is 2. The average molecular weight is 185 g/mol. The minimum absolute atomic E-state index is 0.184. The van der Waals surface area contributed by atoms with Gasteiger partial charge in [0.15, 0.2) is 6.61 Å². The van der Waals surface area contributed by atoms with Crippen LogP contribution in [0.3, 0.4) is 0 Å². The molecule has 0 N–H and O–H groups in total. The van der Waals surface area contributed by atoms with Gasteiger partial charge in [0.05, 0.1) is 0 Å². The Morgan fingerprint density at radius 1 is 1.23 bits per heavy atom. The molecule has 0 unspecified atom stereocenters. The average Bonchev–Trinajstić information content (AvgIpc) is 2.10. The van der Waals surface area contributed by atoms with Crippen molar-refractivity contribution in [2.24, 2.45) is 0 Å². The number of carbonyl (C=O) groups is 3. The van der Waals surface area contributed by atoms with Crippen LogP contribution in [-0.2, 0) is 19.1 Å². The van der Waals surface area contributed by atoms with Crippen molar-refractivity contribution >= 4 is 17.5 Å².